The lowest BCUT2D eigenvalue weighted by Crippen LogP contribution is -2.34. The molecule has 0 aliphatic carbocycles. The summed E-state index contributed by atoms with van der Waals surface area (Å²) in [6, 6.07) is 7.31. The zero-order valence-corrected chi connectivity index (χ0v) is 19.0. The summed E-state index contributed by atoms with van der Waals surface area (Å²) in [4.78, 5) is 4.79. The average molecular weight is 391 g/mol. The van der Waals surface area contributed by atoms with Crippen LogP contribution in [0.2, 0.25) is 0 Å². The number of aromatic nitrogens is 2. The first-order valence-electron chi connectivity index (χ1n) is 11.0. The van der Waals surface area contributed by atoms with Gasteiger partial charge in [0.1, 0.15) is 0 Å². The number of benzene rings is 1. The predicted octanol–water partition coefficient (Wildman–Crippen LogP) is 6.00. The van der Waals surface area contributed by atoms with Gasteiger partial charge in [-0.25, -0.2) is 4.98 Å². The summed E-state index contributed by atoms with van der Waals surface area (Å²) in [5, 5.41) is 2.29. The molecule has 1 atom stereocenters. The largest absolute Gasteiger partial charge is 0.328 e. The summed E-state index contributed by atoms with van der Waals surface area (Å²) in [6.07, 6.45) is 13.6. The Labute approximate surface area is 177 Å². The van der Waals surface area contributed by atoms with Crippen LogP contribution in [0.5, 0.6) is 0 Å². The van der Waals surface area contributed by atoms with E-state index in [0.29, 0.717) is 12.0 Å². The zero-order valence-electron chi connectivity index (χ0n) is 19.0. The molecule has 29 heavy (non-hydrogen) atoms. The minimum atomic E-state index is 0.303. The number of imidazole rings is 1. The van der Waals surface area contributed by atoms with Crippen molar-refractivity contribution in [2.75, 3.05) is 0 Å². The molecule has 2 heteroatoms. The number of hydrogen-bond acceptors (Lipinski definition) is 1. The lowest BCUT2D eigenvalue weighted by atomic mass is 9.94. The number of allylic oxidation sites excluding steroid dienone is 2. The maximum atomic E-state index is 4.79. The SMILES string of the molecule is C=CCC(CC=C)=c1/c(=C\C(C)c2ccc(CCCC)c(C)c2)ncn1C(C)C. The van der Waals surface area contributed by atoms with Gasteiger partial charge in [0.05, 0.1) is 17.0 Å². The molecule has 1 unspecified atom stereocenters. The first-order valence-corrected chi connectivity index (χ1v) is 11.0. The molecule has 0 spiro atoms. The molecule has 1 heterocycles. The van der Waals surface area contributed by atoms with E-state index in [9.17, 15) is 0 Å². The molecule has 0 amide bonds. The van der Waals surface area contributed by atoms with Gasteiger partial charge in [-0.2, -0.15) is 0 Å². The smallest absolute Gasteiger partial charge is 0.0960 e. The van der Waals surface area contributed by atoms with Crippen LogP contribution in [0.3, 0.4) is 0 Å². The average Bonchev–Trinajstić information content (AvgIpc) is 3.10. The van der Waals surface area contributed by atoms with Gasteiger partial charge in [0, 0.05) is 12.0 Å². The van der Waals surface area contributed by atoms with Gasteiger partial charge >= 0.3 is 0 Å². The van der Waals surface area contributed by atoms with Crippen molar-refractivity contribution in [1.29, 1.82) is 0 Å². The maximum absolute atomic E-state index is 4.79. The van der Waals surface area contributed by atoms with E-state index in [2.05, 4.69) is 76.6 Å². The van der Waals surface area contributed by atoms with Crippen molar-refractivity contribution < 1.29 is 0 Å². The minimum absolute atomic E-state index is 0.303. The molecule has 2 nitrogen and oxygen atoms in total. The molecular formula is C27H38N2. The number of rotatable bonds is 10. The highest BCUT2D eigenvalue weighted by molar-refractivity contribution is 5.49. The third-order valence-electron chi connectivity index (χ3n) is 5.59. The molecule has 0 aliphatic rings. The molecule has 156 valence electrons. The third kappa shape index (κ3) is 5.82. The van der Waals surface area contributed by atoms with Crippen molar-refractivity contribution in [3.05, 3.63) is 77.2 Å². The van der Waals surface area contributed by atoms with Crippen molar-refractivity contribution >= 4 is 11.6 Å². The maximum Gasteiger partial charge on any atom is 0.0960 e. The van der Waals surface area contributed by atoms with E-state index in [0.717, 1.165) is 18.2 Å². The number of hydrogen-bond donors (Lipinski definition) is 0. The third-order valence-corrected chi connectivity index (χ3v) is 5.59. The molecule has 0 saturated heterocycles. The Morgan fingerprint density at radius 1 is 1.14 bits per heavy atom. The Morgan fingerprint density at radius 2 is 1.83 bits per heavy atom. The Balaban J connectivity index is 2.54. The Kier molecular flexibility index (Phi) is 8.70. The predicted molar refractivity (Wildman–Crippen MR) is 128 cm³/mol. The quantitative estimate of drug-likeness (QED) is 0.455. The monoisotopic (exact) mass is 390 g/mol. The van der Waals surface area contributed by atoms with E-state index >= 15 is 0 Å². The summed E-state index contributed by atoms with van der Waals surface area (Å²) in [7, 11) is 0. The van der Waals surface area contributed by atoms with Gasteiger partial charge in [0.25, 0.3) is 0 Å². The van der Waals surface area contributed by atoms with E-state index in [1.165, 1.54) is 46.9 Å². The first-order chi connectivity index (χ1) is 13.9. The number of aryl methyl sites for hydroxylation is 2. The van der Waals surface area contributed by atoms with Gasteiger partial charge in [-0.1, -0.05) is 50.6 Å². The lowest BCUT2D eigenvalue weighted by molar-refractivity contribution is 0.582. The highest BCUT2D eigenvalue weighted by atomic mass is 15.1. The van der Waals surface area contributed by atoms with Crippen LogP contribution >= 0.6 is 0 Å². The molecule has 0 aliphatic heterocycles. The van der Waals surface area contributed by atoms with Crippen molar-refractivity contribution in [3.8, 4) is 0 Å². The van der Waals surface area contributed by atoms with Crippen molar-refractivity contribution in [1.82, 2.24) is 9.55 Å². The second kappa shape index (κ2) is 11.0. The number of unbranched alkanes of at least 4 members (excludes halogenated alkanes) is 1. The molecule has 1 aromatic carbocycles. The van der Waals surface area contributed by atoms with Crippen LogP contribution in [0.1, 0.15) is 82.0 Å². The van der Waals surface area contributed by atoms with Gasteiger partial charge in [-0.05, 0) is 74.8 Å². The van der Waals surface area contributed by atoms with Crippen LogP contribution in [0.25, 0.3) is 11.6 Å². The second-order valence-corrected chi connectivity index (χ2v) is 8.31. The van der Waals surface area contributed by atoms with Crippen LogP contribution < -0.4 is 10.7 Å². The van der Waals surface area contributed by atoms with Crippen molar-refractivity contribution in [3.63, 3.8) is 0 Å². The van der Waals surface area contributed by atoms with Gasteiger partial charge < -0.3 is 4.57 Å². The fourth-order valence-corrected chi connectivity index (χ4v) is 3.86. The van der Waals surface area contributed by atoms with E-state index in [-0.39, 0.29) is 0 Å². The molecule has 0 bridgehead atoms. The zero-order chi connectivity index (χ0) is 21.4. The summed E-state index contributed by atoms with van der Waals surface area (Å²) in [6.45, 7) is 19.1. The van der Waals surface area contributed by atoms with E-state index < -0.39 is 0 Å². The van der Waals surface area contributed by atoms with Gasteiger partial charge in [0.15, 0.2) is 0 Å². The van der Waals surface area contributed by atoms with E-state index in [1.54, 1.807) is 0 Å². The van der Waals surface area contributed by atoms with Crippen LogP contribution in [0, 0.1) is 6.92 Å². The Bertz CT molecular complexity index is 931. The molecule has 0 radical (unpaired) electrons. The molecule has 2 rings (SSSR count). The molecule has 2 aromatic rings. The summed E-state index contributed by atoms with van der Waals surface area (Å²) < 4.78 is 2.28. The molecular weight excluding hydrogens is 352 g/mol. The normalized spacial score (nSPS) is 13.0. The fraction of sp³-hybridized carbons (Fsp3) is 0.444. The van der Waals surface area contributed by atoms with Gasteiger partial charge in [0.2, 0.25) is 0 Å². The molecule has 0 saturated carbocycles. The van der Waals surface area contributed by atoms with Crippen LogP contribution in [0.4, 0.5) is 0 Å². The van der Waals surface area contributed by atoms with Crippen LogP contribution in [-0.2, 0) is 6.42 Å². The van der Waals surface area contributed by atoms with Crippen LogP contribution in [-0.4, -0.2) is 9.55 Å². The second-order valence-electron chi connectivity index (χ2n) is 8.31. The summed E-state index contributed by atoms with van der Waals surface area (Å²) >= 11 is 0. The Hall–Kier alpha value is -2.35. The summed E-state index contributed by atoms with van der Waals surface area (Å²) in [5.41, 5.74) is 5.54. The van der Waals surface area contributed by atoms with Gasteiger partial charge in [-0.15, -0.1) is 13.2 Å². The molecule has 1 aromatic heterocycles. The fourth-order valence-electron chi connectivity index (χ4n) is 3.86. The molecule has 0 N–H and O–H groups in total. The Morgan fingerprint density at radius 3 is 2.38 bits per heavy atom. The molecule has 0 fully saturated rings. The lowest BCUT2D eigenvalue weighted by Gasteiger charge is -2.12. The first kappa shape index (κ1) is 22.9. The highest BCUT2D eigenvalue weighted by Crippen LogP contribution is 2.21. The number of nitrogens with zero attached hydrogens (tertiary/aromatic N) is 2. The highest BCUT2D eigenvalue weighted by Gasteiger charge is 2.10. The topological polar surface area (TPSA) is 17.8 Å². The van der Waals surface area contributed by atoms with Crippen LogP contribution in [0.15, 0.2) is 49.8 Å². The van der Waals surface area contributed by atoms with Crippen molar-refractivity contribution in [2.24, 2.45) is 0 Å². The minimum Gasteiger partial charge on any atom is -0.328 e. The summed E-state index contributed by atoms with van der Waals surface area (Å²) in [5.74, 6) is 0.303. The van der Waals surface area contributed by atoms with E-state index in [4.69, 9.17) is 4.98 Å². The van der Waals surface area contributed by atoms with Gasteiger partial charge in [-0.3, -0.25) is 0 Å². The standard InChI is InChI=1S/C27H38N2/c1-8-11-14-23-15-16-25(17-21(23)6)22(7)18-26-27(24(12-9-2)13-10-3)29(19-28-26)20(4)5/h9-10,15-20,22H,2-3,8,11-14H2,1,4-7H3/b26-18+. The van der Waals surface area contributed by atoms with E-state index in [1.807, 2.05) is 18.5 Å². The van der Waals surface area contributed by atoms with Crippen molar-refractivity contribution in [2.45, 2.75) is 78.7 Å².